The van der Waals surface area contributed by atoms with E-state index >= 15 is 0 Å². The minimum atomic E-state index is 1.05. The van der Waals surface area contributed by atoms with E-state index in [-0.39, 0.29) is 0 Å². The first-order valence-corrected chi connectivity index (χ1v) is 5.94. The van der Waals surface area contributed by atoms with Crippen LogP contribution in [-0.4, -0.2) is 18.1 Å². The van der Waals surface area contributed by atoms with Crippen LogP contribution in [0.4, 0.5) is 0 Å². The molecule has 2 rings (SSSR count). The molecule has 0 radical (unpaired) electrons. The number of benzene rings is 1. The summed E-state index contributed by atoms with van der Waals surface area (Å²) in [7, 11) is 0. The van der Waals surface area contributed by atoms with Crippen LogP contribution in [0.2, 0.25) is 0 Å². The third-order valence-corrected chi connectivity index (χ3v) is 2.72. The van der Waals surface area contributed by atoms with Crippen LogP contribution in [0, 0.1) is 0 Å². The van der Waals surface area contributed by atoms with Crippen molar-refractivity contribution >= 4 is 10.9 Å². The number of nitrogens with one attached hydrogen (secondary N) is 1. The van der Waals surface area contributed by atoms with E-state index in [1.165, 1.54) is 17.4 Å². The van der Waals surface area contributed by atoms with E-state index in [9.17, 15) is 0 Å². The second-order valence-corrected chi connectivity index (χ2v) is 3.99. The van der Waals surface area contributed by atoms with Crippen LogP contribution in [-0.2, 0) is 6.42 Å². The molecule has 0 spiro atoms. The van der Waals surface area contributed by atoms with E-state index in [0.717, 1.165) is 25.0 Å². The van der Waals surface area contributed by atoms with Crippen molar-refractivity contribution in [2.75, 3.05) is 13.1 Å². The predicted octanol–water partition coefficient (Wildman–Crippen LogP) is 2.78. The Hall–Kier alpha value is -1.41. The number of nitrogens with zero attached hydrogens (tertiary/aromatic N) is 1. The molecular formula is C14H18N2. The predicted molar refractivity (Wildman–Crippen MR) is 68.6 cm³/mol. The summed E-state index contributed by atoms with van der Waals surface area (Å²) in [6.45, 7) is 4.27. The van der Waals surface area contributed by atoms with Crippen molar-refractivity contribution in [1.29, 1.82) is 0 Å². The Balaban J connectivity index is 2.02. The smallest absolute Gasteiger partial charge is 0.0702 e. The molecule has 0 atom stereocenters. The van der Waals surface area contributed by atoms with Gasteiger partial charge in [0.25, 0.3) is 0 Å². The molecule has 1 aromatic carbocycles. The van der Waals surface area contributed by atoms with E-state index in [2.05, 4.69) is 41.5 Å². The number of rotatable bonds is 5. The first-order chi connectivity index (χ1) is 7.90. The van der Waals surface area contributed by atoms with E-state index < -0.39 is 0 Å². The van der Waals surface area contributed by atoms with Gasteiger partial charge in [-0.2, -0.15) is 0 Å². The van der Waals surface area contributed by atoms with Gasteiger partial charge in [0.1, 0.15) is 0 Å². The van der Waals surface area contributed by atoms with Crippen LogP contribution in [0.5, 0.6) is 0 Å². The van der Waals surface area contributed by atoms with Gasteiger partial charge >= 0.3 is 0 Å². The van der Waals surface area contributed by atoms with E-state index in [1.807, 2.05) is 12.3 Å². The molecule has 16 heavy (non-hydrogen) atoms. The zero-order valence-corrected chi connectivity index (χ0v) is 9.74. The number of pyridine rings is 1. The number of hydrogen-bond acceptors (Lipinski definition) is 2. The molecule has 0 aliphatic rings. The molecule has 0 bridgehead atoms. The second kappa shape index (κ2) is 5.61. The zero-order chi connectivity index (χ0) is 11.2. The SMILES string of the molecule is CCNCCCc1cnc2ccccc2c1. The maximum atomic E-state index is 4.46. The van der Waals surface area contributed by atoms with Gasteiger partial charge in [0, 0.05) is 11.6 Å². The van der Waals surface area contributed by atoms with Crippen molar-refractivity contribution in [1.82, 2.24) is 10.3 Å². The van der Waals surface area contributed by atoms with Crippen LogP contribution < -0.4 is 5.32 Å². The van der Waals surface area contributed by atoms with E-state index in [1.54, 1.807) is 0 Å². The van der Waals surface area contributed by atoms with Gasteiger partial charge in [0.15, 0.2) is 0 Å². The highest BCUT2D eigenvalue weighted by Crippen LogP contribution is 2.13. The van der Waals surface area contributed by atoms with E-state index in [0.29, 0.717) is 0 Å². The summed E-state index contributed by atoms with van der Waals surface area (Å²) in [4.78, 5) is 4.46. The molecule has 0 aliphatic carbocycles. The number of para-hydroxylation sites is 1. The summed E-state index contributed by atoms with van der Waals surface area (Å²) in [6.07, 6.45) is 4.27. The number of aryl methyl sites for hydroxylation is 1. The lowest BCUT2D eigenvalue weighted by Gasteiger charge is -2.03. The monoisotopic (exact) mass is 214 g/mol. The van der Waals surface area contributed by atoms with Crippen LogP contribution >= 0.6 is 0 Å². The van der Waals surface area contributed by atoms with Gasteiger partial charge in [-0.15, -0.1) is 0 Å². The summed E-state index contributed by atoms with van der Waals surface area (Å²) in [5, 5.41) is 4.57. The fourth-order valence-electron chi connectivity index (χ4n) is 1.85. The molecule has 2 aromatic rings. The summed E-state index contributed by atoms with van der Waals surface area (Å²) < 4.78 is 0. The third kappa shape index (κ3) is 2.80. The average Bonchev–Trinajstić information content (AvgIpc) is 2.34. The summed E-state index contributed by atoms with van der Waals surface area (Å²) in [5.74, 6) is 0. The number of fused-ring (bicyclic) bond motifs is 1. The highest BCUT2D eigenvalue weighted by Gasteiger charge is 1.97. The Labute approximate surface area is 96.7 Å². The zero-order valence-electron chi connectivity index (χ0n) is 9.74. The quantitative estimate of drug-likeness (QED) is 0.774. The van der Waals surface area contributed by atoms with Crippen molar-refractivity contribution in [3.8, 4) is 0 Å². The molecule has 0 saturated heterocycles. The molecule has 1 aromatic heterocycles. The maximum Gasteiger partial charge on any atom is 0.0702 e. The highest BCUT2D eigenvalue weighted by atomic mass is 14.8. The molecule has 2 heteroatoms. The molecular weight excluding hydrogens is 196 g/mol. The van der Waals surface area contributed by atoms with Crippen molar-refractivity contribution in [2.24, 2.45) is 0 Å². The van der Waals surface area contributed by atoms with Crippen molar-refractivity contribution in [3.63, 3.8) is 0 Å². The maximum absolute atomic E-state index is 4.46. The molecule has 1 N–H and O–H groups in total. The normalized spacial score (nSPS) is 10.8. The van der Waals surface area contributed by atoms with Crippen molar-refractivity contribution < 1.29 is 0 Å². The number of hydrogen-bond donors (Lipinski definition) is 1. The first kappa shape index (κ1) is 11.1. The topological polar surface area (TPSA) is 24.9 Å². The molecule has 0 unspecified atom stereocenters. The molecule has 1 heterocycles. The lowest BCUT2D eigenvalue weighted by Crippen LogP contribution is -2.14. The van der Waals surface area contributed by atoms with Gasteiger partial charge in [0.05, 0.1) is 5.52 Å². The molecule has 2 nitrogen and oxygen atoms in total. The Morgan fingerprint density at radius 1 is 1.25 bits per heavy atom. The number of aromatic nitrogens is 1. The van der Waals surface area contributed by atoms with Gasteiger partial charge in [-0.25, -0.2) is 0 Å². The van der Waals surface area contributed by atoms with Crippen molar-refractivity contribution in [3.05, 3.63) is 42.1 Å². The highest BCUT2D eigenvalue weighted by molar-refractivity contribution is 5.78. The lowest BCUT2D eigenvalue weighted by atomic mass is 10.1. The minimum absolute atomic E-state index is 1.05. The first-order valence-electron chi connectivity index (χ1n) is 5.94. The van der Waals surface area contributed by atoms with Crippen molar-refractivity contribution in [2.45, 2.75) is 19.8 Å². The molecule has 0 saturated carbocycles. The van der Waals surface area contributed by atoms with Crippen LogP contribution in [0.1, 0.15) is 18.9 Å². The molecule has 84 valence electrons. The fraction of sp³-hybridized carbons (Fsp3) is 0.357. The Kier molecular flexibility index (Phi) is 3.89. The molecule has 0 aliphatic heterocycles. The minimum Gasteiger partial charge on any atom is -0.317 e. The largest absolute Gasteiger partial charge is 0.317 e. The lowest BCUT2D eigenvalue weighted by molar-refractivity contribution is 0.672. The summed E-state index contributed by atoms with van der Waals surface area (Å²) in [6, 6.07) is 10.5. The Morgan fingerprint density at radius 3 is 3.00 bits per heavy atom. The molecule has 0 fully saturated rings. The van der Waals surface area contributed by atoms with Gasteiger partial charge in [0.2, 0.25) is 0 Å². The van der Waals surface area contributed by atoms with E-state index in [4.69, 9.17) is 0 Å². The Bertz CT molecular complexity index is 451. The standard InChI is InChI=1S/C14H18N2/c1-2-15-9-5-6-12-10-13-7-3-4-8-14(13)16-11-12/h3-4,7-8,10-11,15H,2,5-6,9H2,1H3. The van der Waals surface area contributed by atoms with Crippen LogP contribution in [0.3, 0.4) is 0 Å². The average molecular weight is 214 g/mol. The van der Waals surface area contributed by atoms with Crippen LogP contribution in [0.15, 0.2) is 36.5 Å². The van der Waals surface area contributed by atoms with Gasteiger partial charge in [-0.1, -0.05) is 25.1 Å². The fourth-order valence-corrected chi connectivity index (χ4v) is 1.85. The summed E-state index contributed by atoms with van der Waals surface area (Å²) in [5.41, 5.74) is 2.41. The second-order valence-electron chi connectivity index (χ2n) is 3.99. The molecule has 0 amide bonds. The third-order valence-electron chi connectivity index (χ3n) is 2.72. The Morgan fingerprint density at radius 2 is 2.12 bits per heavy atom. The van der Waals surface area contributed by atoms with Gasteiger partial charge in [-0.3, -0.25) is 4.98 Å². The summed E-state index contributed by atoms with van der Waals surface area (Å²) >= 11 is 0. The van der Waals surface area contributed by atoms with Gasteiger partial charge < -0.3 is 5.32 Å². The van der Waals surface area contributed by atoms with Crippen LogP contribution in [0.25, 0.3) is 10.9 Å². The van der Waals surface area contributed by atoms with Gasteiger partial charge in [-0.05, 0) is 43.6 Å².